The van der Waals surface area contributed by atoms with Gasteiger partial charge < -0.3 is 9.47 Å². The third-order valence-electron chi connectivity index (χ3n) is 6.13. The summed E-state index contributed by atoms with van der Waals surface area (Å²) in [6.45, 7) is 1.97. The fraction of sp³-hybridized carbons (Fsp3) is 0.269. The predicted molar refractivity (Wildman–Crippen MR) is 120 cm³/mol. The minimum Gasteiger partial charge on any atom is -0.478 e. The second-order valence-electron chi connectivity index (χ2n) is 8.09. The number of benzene rings is 3. The van der Waals surface area contributed by atoms with Gasteiger partial charge in [-0.05, 0) is 24.1 Å². The summed E-state index contributed by atoms with van der Waals surface area (Å²) >= 11 is 0. The number of nitro groups is 1. The lowest BCUT2D eigenvalue weighted by molar-refractivity contribution is -0.541. The lowest BCUT2D eigenvalue weighted by Gasteiger charge is -2.38. The van der Waals surface area contributed by atoms with Crippen molar-refractivity contribution in [2.24, 2.45) is 0 Å². The van der Waals surface area contributed by atoms with Crippen molar-refractivity contribution in [2.75, 3.05) is 7.11 Å². The number of methoxy groups -OCH3 is 1. The molecule has 0 amide bonds. The second kappa shape index (κ2) is 9.22. The quantitative estimate of drug-likeness (QED) is 0.304. The molecule has 32 heavy (non-hydrogen) atoms. The third-order valence-corrected chi connectivity index (χ3v) is 6.13. The summed E-state index contributed by atoms with van der Waals surface area (Å²) in [5.74, 6) is -0.830. The van der Waals surface area contributed by atoms with Gasteiger partial charge in [0.15, 0.2) is 6.10 Å². The van der Waals surface area contributed by atoms with E-state index in [2.05, 4.69) is 0 Å². The van der Waals surface area contributed by atoms with Crippen molar-refractivity contribution in [3.05, 3.63) is 111 Å². The summed E-state index contributed by atoms with van der Waals surface area (Å²) in [6, 6.07) is 23.4. The highest BCUT2D eigenvalue weighted by Gasteiger charge is 2.51. The van der Waals surface area contributed by atoms with Crippen molar-refractivity contribution in [3.8, 4) is 5.75 Å². The van der Waals surface area contributed by atoms with E-state index in [0.29, 0.717) is 5.75 Å². The maximum absolute atomic E-state index is 12.5. The van der Waals surface area contributed by atoms with Crippen LogP contribution in [0.2, 0.25) is 0 Å². The maximum atomic E-state index is 12.5. The summed E-state index contributed by atoms with van der Waals surface area (Å²) in [5.41, 5.74) is 3.39. The summed E-state index contributed by atoms with van der Waals surface area (Å²) < 4.78 is 11.2. The number of carbonyl (C=O) groups is 1. The Balaban J connectivity index is 1.89. The number of rotatable bonds is 6. The van der Waals surface area contributed by atoms with Gasteiger partial charge in [-0.2, -0.15) is 0 Å². The molecule has 0 aromatic heterocycles. The molecule has 0 unspecified atom stereocenters. The normalized spacial score (nSPS) is 20.5. The molecule has 0 radical (unpaired) electrons. The molecular weight excluding hydrogens is 406 g/mol. The van der Waals surface area contributed by atoms with Gasteiger partial charge in [-0.1, -0.05) is 78.4 Å². The van der Waals surface area contributed by atoms with E-state index in [0.717, 1.165) is 22.3 Å². The van der Waals surface area contributed by atoms with Crippen LogP contribution < -0.4 is 4.74 Å². The first-order valence-corrected chi connectivity index (χ1v) is 10.6. The average molecular weight is 431 g/mol. The van der Waals surface area contributed by atoms with Crippen LogP contribution in [-0.2, 0) is 9.53 Å². The van der Waals surface area contributed by atoms with Gasteiger partial charge >= 0.3 is 5.97 Å². The van der Waals surface area contributed by atoms with Crippen molar-refractivity contribution in [3.63, 3.8) is 0 Å². The molecule has 4 rings (SSSR count). The highest BCUT2D eigenvalue weighted by molar-refractivity contribution is 5.71. The van der Waals surface area contributed by atoms with Crippen molar-refractivity contribution in [2.45, 2.75) is 37.3 Å². The van der Waals surface area contributed by atoms with Crippen molar-refractivity contribution in [1.29, 1.82) is 0 Å². The fourth-order valence-corrected chi connectivity index (χ4v) is 4.58. The minimum absolute atomic E-state index is 0.0322. The Bertz CT molecular complexity index is 1100. The number of hydrogen-bond donors (Lipinski definition) is 0. The van der Waals surface area contributed by atoms with Gasteiger partial charge in [0.05, 0.1) is 19.4 Å². The Morgan fingerprint density at radius 2 is 1.69 bits per heavy atom. The molecule has 0 saturated heterocycles. The Labute approximate surface area is 187 Å². The van der Waals surface area contributed by atoms with E-state index in [1.165, 1.54) is 7.11 Å². The molecule has 0 spiro atoms. The molecule has 0 N–H and O–H groups in total. The number of esters is 1. The maximum Gasteiger partial charge on any atom is 0.306 e. The number of aryl methyl sites for hydroxylation is 1. The number of nitrogens with zero attached hydrogens (tertiary/aromatic N) is 1. The fourth-order valence-electron chi connectivity index (χ4n) is 4.58. The zero-order chi connectivity index (χ0) is 22.7. The smallest absolute Gasteiger partial charge is 0.306 e. The summed E-state index contributed by atoms with van der Waals surface area (Å²) in [4.78, 5) is 24.7. The molecule has 164 valence electrons. The molecule has 1 heterocycles. The van der Waals surface area contributed by atoms with E-state index in [1.54, 1.807) is 0 Å². The highest BCUT2D eigenvalue weighted by Crippen LogP contribution is 2.50. The molecule has 3 aromatic rings. The molecule has 1 aliphatic heterocycles. The van der Waals surface area contributed by atoms with Crippen LogP contribution in [0, 0.1) is 17.0 Å². The zero-order valence-corrected chi connectivity index (χ0v) is 18.0. The van der Waals surface area contributed by atoms with Gasteiger partial charge in [-0.25, -0.2) is 0 Å². The van der Waals surface area contributed by atoms with Gasteiger partial charge in [0, 0.05) is 16.4 Å². The van der Waals surface area contributed by atoms with Crippen LogP contribution in [0.3, 0.4) is 0 Å². The molecule has 1 aliphatic rings. The van der Waals surface area contributed by atoms with Crippen LogP contribution in [0.25, 0.3) is 0 Å². The molecule has 6 nitrogen and oxygen atoms in total. The summed E-state index contributed by atoms with van der Waals surface area (Å²) in [5, 5.41) is 12.5. The standard InChI is InChI=1S/C26H25NO5/c1-17-12-14-19(15-13-17)26-25(27(29)30)24(20-10-6-7-11-22(20)32-26)21(16-23(28)31-2)18-8-4-3-5-9-18/h3-15,21,24-26H,16H2,1-2H3/t21-,24+,25+,26+/m1/s1. The first kappa shape index (κ1) is 21.6. The molecule has 0 fully saturated rings. The van der Waals surface area contributed by atoms with Crippen LogP contribution in [0.15, 0.2) is 78.9 Å². The van der Waals surface area contributed by atoms with E-state index in [-0.39, 0.29) is 11.3 Å². The summed E-state index contributed by atoms with van der Waals surface area (Å²) in [7, 11) is 1.34. The highest BCUT2D eigenvalue weighted by atomic mass is 16.6. The number of carbonyl (C=O) groups excluding carboxylic acids is 1. The summed E-state index contributed by atoms with van der Waals surface area (Å²) in [6.07, 6.45) is -0.751. The Hall–Kier alpha value is -3.67. The van der Waals surface area contributed by atoms with E-state index >= 15 is 0 Å². The van der Waals surface area contributed by atoms with Crippen LogP contribution in [0.4, 0.5) is 0 Å². The molecule has 0 saturated carbocycles. The minimum atomic E-state index is -1.08. The molecule has 0 aliphatic carbocycles. The van der Waals surface area contributed by atoms with Gasteiger partial charge in [-0.15, -0.1) is 0 Å². The van der Waals surface area contributed by atoms with Crippen LogP contribution >= 0.6 is 0 Å². The Kier molecular flexibility index (Phi) is 6.21. The number of ether oxygens (including phenoxy) is 2. The number of para-hydroxylation sites is 1. The lowest BCUT2D eigenvalue weighted by Crippen LogP contribution is -2.43. The average Bonchev–Trinajstić information content (AvgIpc) is 2.82. The van der Waals surface area contributed by atoms with Crippen molar-refractivity contribution >= 4 is 5.97 Å². The van der Waals surface area contributed by atoms with E-state index in [4.69, 9.17) is 9.47 Å². The predicted octanol–water partition coefficient (Wildman–Crippen LogP) is 5.20. The van der Waals surface area contributed by atoms with E-state index < -0.39 is 30.0 Å². The van der Waals surface area contributed by atoms with Crippen molar-refractivity contribution < 1.29 is 19.2 Å². The molecule has 3 aromatic carbocycles. The Morgan fingerprint density at radius 1 is 1.03 bits per heavy atom. The van der Waals surface area contributed by atoms with Crippen LogP contribution in [-0.4, -0.2) is 24.0 Å². The Morgan fingerprint density at radius 3 is 2.34 bits per heavy atom. The largest absolute Gasteiger partial charge is 0.478 e. The third kappa shape index (κ3) is 4.21. The lowest BCUT2D eigenvalue weighted by atomic mass is 9.71. The molecule has 6 heteroatoms. The van der Waals surface area contributed by atoms with E-state index in [1.807, 2.05) is 85.8 Å². The molecular formula is C26H25NO5. The van der Waals surface area contributed by atoms with Gasteiger partial charge in [-0.3, -0.25) is 14.9 Å². The molecule has 4 atom stereocenters. The van der Waals surface area contributed by atoms with Crippen LogP contribution in [0.1, 0.15) is 46.6 Å². The topological polar surface area (TPSA) is 78.7 Å². The van der Waals surface area contributed by atoms with Gasteiger partial charge in [0.2, 0.25) is 0 Å². The van der Waals surface area contributed by atoms with Gasteiger partial charge in [0.1, 0.15) is 5.75 Å². The monoisotopic (exact) mass is 431 g/mol. The van der Waals surface area contributed by atoms with Crippen LogP contribution in [0.5, 0.6) is 5.75 Å². The van der Waals surface area contributed by atoms with E-state index in [9.17, 15) is 14.9 Å². The SMILES string of the molecule is COC(=O)C[C@H](c1ccccc1)[C@@H]1c2ccccc2O[C@@H](c2ccc(C)cc2)[C@H]1[N+](=O)[O-]. The first-order valence-electron chi connectivity index (χ1n) is 10.6. The second-order valence-corrected chi connectivity index (χ2v) is 8.09. The number of hydrogen-bond acceptors (Lipinski definition) is 5. The van der Waals surface area contributed by atoms with Gasteiger partial charge in [0.25, 0.3) is 6.04 Å². The molecule has 0 bridgehead atoms. The van der Waals surface area contributed by atoms with Crippen molar-refractivity contribution in [1.82, 2.24) is 0 Å². The zero-order valence-electron chi connectivity index (χ0n) is 18.0. The number of fused-ring (bicyclic) bond motifs is 1. The first-order chi connectivity index (χ1) is 15.5.